The molecule has 3 aromatic heterocycles. The minimum absolute atomic E-state index is 0.0117. The number of nitrogens with one attached hydrogen (secondary N) is 1. The first-order valence-corrected chi connectivity index (χ1v) is 12.1. The molecule has 0 saturated carbocycles. The second-order valence-corrected chi connectivity index (χ2v) is 9.11. The Hall–Kier alpha value is -3.66. The molecule has 0 atom stereocenters. The Morgan fingerprint density at radius 1 is 1.15 bits per heavy atom. The molecular weight excluding hydrogens is 452 g/mol. The van der Waals surface area contributed by atoms with Gasteiger partial charge in [0.05, 0.1) is 11.8 Å². The van der Waals surface area contributed by atoms with Crippen molar-refractivity contribution in [1.82, 2.24) is 30.0 Å². The van der Waals surface area contributed by atoms with Gasteiger partial charge in [0.25, 0.3) is 11.8 Å². The molecule has 1 aliphatic heterocycles. The summed E-state index contributed by atoms with van der Waals surface area (Å²) < 4.78 is 7.63. The van der Waals surface area contributed by atoms with E-state index in [-0.39, 0.29) is 17.9 Å². The lowest BCUT2D eigenvalue weighted by Gasteiger charge is -2.32. The van der Waals surface area contributed by atoms with Gasteiger partial charge in [0, 0.05) is 61.5 Å². The summed E-state index contributed by atoms with van der Waals surface area (Å²) >= 11 is 1.47. The van der Waals surface area contributed by atoms with Crippen molar-refractivity contribution in [2.45, 2.75) is 29.8 Å². The maximum Gasteiger partial charge on any atom is 0.289 e. The van der Waals surface area contributed by atoms with E-state index in [1.807, 2.05) is 24.3 Å². The molecule has 5 rings (SSSR count). The third kappa shape index (κ3) is 4.67. The zero-order valence-corrected chi connectivity index (χ0v) is 19.5. The number of thioether (sulfide) groups is 1. The smallest absolute Gasteiger partial charge is 0.289 e. The van der Waals surface area contributed by atoms with Gasteiger partial charge < -0.3 is 14.6 Å². The molecular formula is C24H24N6O3S. The molecule has 9 nitrogen and oxygen atoms in total. The lowest BCUT2D eigenvalue weighted by atomic mass is 10.0. The van der Waals surface area contributed by atoms with Crippen LogP contribution in [0.4, 0.5) is 0 Å². The van der Waals surface area contributed by atoms with Crippen molar-refractivity contribution in [3.63, 3.8) is 0 Å². The van der Waals surface area contributed by atoms with Crippen molar-refractivity contribution >= 4 is 34.5 Å². The highest BCUT2D eigenvalue weighted by atomic mass is 32.2. The van der Waals surface area contributed by atoms with Crippen LogP contribution in [0.15, 0.2) is 64.7 Å². The second kappa shape index (κ2) is 9.68. The molecule has 0 aliphatic carbocycles. The Kier molecular flexibility index (Phi) is 6.31. The highest BCUT2D eigenvalue weighted by Crippen LogP contribution is 2.32. The van der Waals surface area contributed by atoms with Crippen LogP contribution >= 0.6 is 11.8 Å². The zero-order chi connectivity index (χ0) is 23.5. The summed E-state index contributed by atoms with van der Waals surface area (Å²) in [7, 11) is 1.78. The maximum atomic E-state index is 13.4. The standard InChI is InChI=1S/C24H24N6O3S/c1-29-14-16(13-27-29)22(31)28-17-7-11-30(12-8-17)23(32)21-19(15-34-24-25-9-4-10-26-24)18-5-2-3-6-20(18)33-21/h2-6,9-10,13-14,17H,7-8,11-12,15H2,1H3,(H,28,31). The Morgan fingerprint density at radius 2 is 1.91 bits per heavy atom. The van der Waals surface area contributed by atoms with E-state index in [0.717, 1.165) is 10.9 Å². The number of nitrogens with zero attached hydrogens (tertiary/aromatic N) is 5. The van der Waals surface area contributed by atoms with Crippen molar-refractivity contribution in [2.75, 3.05) is 13.1 Å². The van der Waals surface area contributed by atoms with Gasteiger partial charge in [0.2, 0.25) is 0 Å². The number of para-hydroxylation sites is 1. The number of carbonyl (C=O) groups is 2. The molecule has 0 bridgehead atoms. The normalized spacial score (nSPS) is 14.4. The SMILES string of the molecule is Cn1cc(C(=O)NC2CCN(C(=O)c3oc4ccccc4c3CSc3ncccn3)CC2)cn1. The summed E-state index contributed by atoms with van der Waals surface area (Å²) in [5.74, 6) is 0.623. The number of likely N-dealkylation sites (tertiary alicyclic amines) is 1. The molecule has 1 aliphatic rings. The van der Waals surface area contributed by atoms with Crippen molar-refractivity contribution in [3.8, 4) is 0 Å². The van der Waals surface area contributed by atoms with Crippen LogP contribution in [0.5, 0.6) is 0 Å². The average Bonchev–Trinajstić information content (AvgIpc) is 3.47. The number of amides is 2. The molecule has 1 N–H and O–H groups in total. The largest absolute Gasteiger partial charge is 0.451 e. The lowest BCUT2D eigenvalue weighted by molar-refractivity contribution is 0.0668. The number of carbonyl (C=O) groups excluding carboxylic acids is 2. The van der Waals surface area contributed by atoms with Gasteiger partial charge in [0.15, 0.2) is 10.9 Å². The number of hydrogen-bond acceptors (Lipinski definition) is 7. The van der Waals surface area contributed by atoms with Crippen LogP contribution in [0, 0.1) is 0 Å². The van der Waals surface area contributed by atoms with Crippen molar-refractivity contribution < 1.29 is 14.0 Å². The number of piperidine rings is 1. The first kappa shape index (κ1) is 22.1. The van der Waals surface area contributed by atoms with E-state index >= 15 is 0 Å². The van der Waals surface area contributed by atoms with Crippen LogP contribution in [0.3, 0.4) is 0 Å². The molecule has 2 amide bonds. The van der Waals surface area contributed by atoms with Crippen LogP contribution in [-0.4, -0.2) is 55.6 Å². The molecule has 10 heteroatoms. The molecule has 34 heavy (non-hydrogen) atoms. The maximum absolute atomic E-state index is 13.4. The van der Waals surface area contributed by atoms with Gasteiger partial charge in [-0.2, -0.15) is 5.10 Å². The second-order valence-electron chi connectivity index (χ2n) is 8.17. The Bertz CT molecular complexity index is 1310. The molecule has 0 spiro atoms. The third-order valence-corrected chi connectivity index (χ3v) is 6.77. The molecule has 174 valence electrons. The van der Waals surface area contributed by atoms with E-state index in [1.165, 1.54) is 11.8 Å². The number of fused-ring (bicyclic) bond motifs is 1. The molecule has 0 radical (unpaired) electrons. The summed E-state index contributed by atoms with van der Waals surface area (Å²) in [5, 5.41) is 8.66. The van der Waals surface area contributed by atoms with E-state index in [1.54, 1.807) is 47.5 Å². The number of benzene rings is 1. The Balaban J connectivity index is 1.27. The molecule has 1 aromatic carbocycles. The van der Waals surface area contributed by atoms with Gasteiger partial charge in [-0.05, 0) is 25.0 Å². The van der Waals surface area contributed by atoms with E-state index in [0.29, 0.717) is 53.7 Å². The van der Waals surface area contributed by atoms with Crippen molar-refractivity contribution in [1.29, 1.82) is 0 Å². The molecule has 4 aromatic rings. The molecule has 1 saturated heterocycles. The van der Waals surface area contributed by atoms with E-state index in [4.69, 9.17) is 4.42 Å². The number of furan rings is 1. The minimum Gasteiger partial charge on any atom is -0.451 e. The monoisotopic (exact) mass is 476 g/mol. The molecule has 1 fully saturated rings. The Morgan fingerprint density at radius 3 is 2.65 bits per heavy atom. The number of rotatable bonds is 6. The van der Waals surface area contributed by atoms with E-state index in [2.05, 4.69) is 20.4 Å². The fourth-order valence-corrected chi connectivity index (χ4v) is 4.92. The molecule has 0 unspecified atom stereocenters. The zero-order valence-electron chi connectivity index (χ0n) is 18.7. The van der Waals surface area contributed by atoms with Gasteiger partial charge in [-0.1, -0.05) is 30.0 Å². The van der Waals surface area contributed by atoms with Gasteiger partial charge in [-0.25, -0.2) is 9.97 Å². The quantitative estimate of drug-likeness (QED) is 0.336. The summed E-state index contributed by atoms with van der Waals surface area (Å²) in [6, 6.07) is 9.47. The summed E-state index contributed by atoms with van der Waals surface area (Å²) in [6.07, 6.45) is 8.00. The van der Waals surface area contributed by atoms with Crippen LogP contribution < -0.4 is 5.32 Å². The van der Waals surface area contributed by atoms with Crippen LogP contribution in [-0.2, 0) is 12.8 Å². The first-order chi connectivity index (χ1) is 16.6. The topological polar surface area (TPSA) is 106 Å². The number of aryl methyl sites for hydroxylation is 1. The lowest BCUT2D eigenvalue weighted by Crippen LogP contribution is -2.46. The van der Waals surface area contributed by atoms with Crippen LogP contribution in [0.2, 0.25) is 0 Å². The van der Waals surface area contributed by atoms with Gasteiger partial charge in [-0.15, -0.1) is 0 Å². The minimum atomic E-state index is -0.141. The van der Waals surface area contributed by atoms with Crippen LogP contribution in [0.25, 0.3) is 11.0 Å². The third-order valence-electron chi connectivity index (χ3n) is 5.86. The van der Waals surface area contributed by atoms with E-state index < -0.39 is 0 Å². The van der Waals surface area contributed by atoms with Crippen LogP contribution in [0.1, 0.15) is 39.3 Å². The molecule has 4 heterocycles. The summed E-state index contributed by atoms with van der Waals surface area (Å²) in [6.45, 7) is 1.09. The highest BCUT2D eigenvalue weighted by molar-refractivity contribution is 7.98. The number of hydrogen-bond donors (Lipinski definition) is 1. The fourth-order valence-electron chi connectivity index (χ4n) is 4.09. The summed E-state index contributed by atoms with van der Waals surface area (Å²) in [5.41, 5.74) is 2.08. The predicted molar refractivity (Wildman–Crippen MR) is 127 cm³/mol. The predicted octanol–water partition coefficient (Wildman–Crippen LogP) is 3.28. The highest BCUT2D eigenvalue weighted by Gasteiger charge is 2.29. The number of aromatic nitrogens is 4. The van der Waals surface area contributed by atoms with Crippen molar-refractivity contribution in [2.24, 2.45) is 7.05 Å². The van der Waals surface area contributed by atoms with Crippen molar-refractivity contribution in [3.05, 3.63) is 72.0 Å². The Labute approximate surface area is 200 Å². The first-order valence-electron chi connectivity index (χ1n) is 11.1. The van der Waals surface area contributed by atoms with Gasteiger partial charge >= 0.3 is 0 Å². The van der Waals surface area contributed by atoms with Gasteiger partial charge in [0.1, 0.15) is 5.58 Å². The summed E-state index contributed by atoms with van der Waals surface area (Å²) in [4.78, 5) is 36.2. The van der Waals surface area contributed by atoms with Gasteiger partial charge in [-0.3, -0.25) is 14.3 Å². The fraction of sp³-hybridized carbons (Fsp3) is 0.292. The van der Waals surface area contributed by atoms with E-state index in [9.17, 15) is 9.59 Å². The average molecular weight is 477 g/mol.